The molecule has 3 heteroatoms. The molecule has 3 nitrogen and oxygen atoms in total. The lowest BCUT2D eigenvalue weighted by atomic mass is 9.87. The van der Waals surface area contributed by atoms with Gasteiger partial charge in [0.2, 0.25) is 5.79 Å². The van der Waals surface area contributed by atoms with Gasteiger partial charge in [-0.15, -0.1) is 0 Å². The Morgan fingerprint density at radius 2 is 1.67 bits per heavy atom. The monoisotopic (exact) mass is 240 g/mol. The molecule has 90 valence electrons. The summed E-state index contributed by atoms with van der Waals surface area (Å²) in [5.74, 6) is -0.549. The summed E-state index contributed by atoms with van der Waals surface area (Å²) >= 11 is 0. The normalized spacial score (nSPS) is 32.1. The summed E-state index contributed by atoms with van der Waals surface area (Å²) < 4.78 is 11.4. The van der Waals surface area contributed by atoms with Crippen molar-refractivity contribution in [3.05, 3.63) is 65.7 Å². The van der Waals surface area contributed by atoms with Crippen molar-refractivity contribution < 1.29 is 14.6 Å². The van der Waals surface area contributed by atoms with Crippen LogP contribution in [-0.2, 0) is 16.1 Å². The van der Waals surface area contributed by atoms with Crippen LogP contribution >= 0.6 is 0 Å². The maximum Gasteiger partial charge on any atom is 0.235 e. The van der Waals surface area contributed by atoms with Crippen LogP contribution in [0, 0.1) is 0 Å². The van der Waals surface area contributed by atoms with Gasteiger partial charge in [-0.2, -0.15) is 0 Å². The number of rotatable bonds is 1. The predicted octanol–water partition coefficient (Wildman–Crippen LogP) is 2.15. The first-order valence-corrected chi connectivity index (χ1v) is 5.97. The van der Waals surface area contributed by atoms with Crippen LogP contribution in [0.15, 0.2) is 54.6 Å². The van der Waals surface area contributed by atoms with Crippen LogP contribution < -0.4 is 4.74 Å². The van der Waals surface area contributed by atoms with Crippen LogP contribution in [0.2, 0.25) is 0 Å². The lowest BCUT2D eigenvalue weighted by Gasteiger charge is -2.24. The average molecular weight is 240 g/mol. The average Bonchev–Trinajstić information content (AvgIpc) is 3.08. The molecular weight excluding hydrogens is 228 g/mol. The van der Waals surface area contributed by atoms with Crippen molar-refractivity contribution in [2.75, 3.05) is 6.61 Å². The van der Waals surface area contributed by atoms with Gasteiger partial charge in [0.1, 0.15) is 12.4 Å². The number of ether oxygens (including phenoxy) is 2. The molecule has 0 amide bonds. The van der Waals surface area contributed by atoms with Gasteiger partial charge in [0.25, 0.3) is 0 Å². The van der Waals surface area contributed by atoms with Crippen molar-refractivity contribution in [3.63, 3.8) is 0 Å². The molecule has 0 aliphatic carbocycles. The molecule has 2 aliphatic rings. The van der Waals surface area contributed by atoms with E-state index in [1.807, 2.05) is 54.6 Å². The number of epoxide rings is 1. The summed E-state index contributed by atoms with van der Waals surface area (Å²) in [5.41, 5.74) is 0.907. The van der Waals surface area contributed by atoms with Crippen LogP contribution in [0.25, 0.3) is 0 Å². The maximum absolute atomic E-state index is 10.7. The van der Waals surface area contributed by atoms with Crippen LogP contribution in [0.5, 0.6) is 5.75 Å². The van der Waals surface area contributed by atoms with E-state index >= 15 is 0 Å². The molecule has 2 aromatic carbocycles. The molecule has 1 saturated heterocycles. The van der Waals surface area contributed by atoms with E-state index in [2.05, 4.69) is 0 Å². The fourth-order valence-corrected chi connectivity index (χ4v) is 2.72. The topological polar surface area (TPSA) is 42.0 Å². The van der Waals surface area contributed by atoms with E-state index in [0.717, 1.165) is 5.56 Å². The Morgan fingerprint density at radius 1 is 0.944 bits per heavy atom. The van der Waals surface area contributed by atoms with E-state index in [1.54, 1.807) is 0 Å². The fraction of sp³-hybridized carbons (Fsp3) is 0.200. The van der Waals surface area contributed by atoms with Crippen molar-refractivity contribution in [1.82, 2.24) is 0 Å². The number of fused-ring (bicyclic) bond motifs is 3. The van der Waals surface area contributed by atoms with Gasteiger partial charge in [0, 0.05) is 0 Å². The molecule has 0 saturated carbocycles. The second kappa shape index (κ2) is 3.13. The molecule has 2 aromatic rings. The highest BCUT2D eigenvalue weighted by Gasteiger charge is 2.75. The minimum Gasteiger partial charge on any atom is -0.489 e. The smallest absolute Gasteiger partial charge is 0.235 e. The SMILES string of the molecule is O[C@@]12O[C@@]1(c1ccccc1)COc1ccccc12. The molecular formula is C15H12O3. The van der Waals surface area contributed by atoms with Crippen molar-refractivity contribution >= 4 is 0 Å². The van der Waals surface area contributed by atoms with Crippen LogP contribution in [-0.4, -0.2) is 11.7 Å². The Balaban J connectivity index is 1.86. The van der Waals surface area contributed by atoms with E-state index < -0.39 is 11.4 Å². The standard InChI is InChI=1S/C15H12O3/c16-15-12-8-4-5-9-13(12)17-10-14(15,18-15)11-6-2-1-3-7-11/h1-9,16H,10H2/t14-,15+/m1/s1. The van der Waals surface area contributed by atoms with Crippen LogP contribution in [0.3, 0.4) is 0 Å². The highest BCUT2D eigenvalue weighted by Crippen LogP contribution is 2.64. The first kappa shape index (κ1) is 10.1. The van der Waals surface area contributed by atoms with Gasteiger partial charge in [-0.25, -0.2) is 0 Å². The third-order valence-corrected chi connectivity index (χ3v) is 3.75. The number of aliphatic hydroxyl groups is 1. The molecule has 0 unspecified atom stereocenters. The summed E-state index contributed by atoms with van der Waals surface area (Å²) in [6, 6.07) is 17.2. The Hall–Kier alpha value is -1.84. The van der Waals surface area contributed by atoms with Gasteiger partial charge in [-0.1, -0.05) is 42.5 Å². The van der Waals surface area contributed by atoms with E-state index in [1.165, 1.54) is 0 Å². The zero-order valence-electron chi connectivity index (χ0n) is 9.67. The van der Waals surface area contributed by atoms with Crippen molar-refractivity contribution in [1.29, 1.82) is 0 Å². The summed E-state index contributed by atoms with van der Waals surface area (Å²) in [6.07, 6.45) is 0. The van der Waals surface area contributed by atoms with E-state index in [4.69, 9.17) is 9.47 Å². The van der Waals surface area contributed by atoms with Gasteiger partial charge < -0.3 is 14.6 Å². The molecule has 18 heavy (non-hydrogen) atoms. The molecule has 2 heterocycles. The van der Waals surface area contributed by atoms with Crippen molar-refractivity contribution in [2.45, 2.75) is 11.4 Å². The molecule has 0 aromatic heterocycles. The van der Waals surface area contributed by atoms with Gasteiger partial charge >= 0.3 is 0 Å². The maximum atomic E-state index is 10.7. The molecule has 2 atom stereocenters. The van der Waals surface area contributed by atoms with E-state index in [0.29, 0.717) is 17.9 Å². The third-order valence-electron chi connectivity index (χ3n) is 3.75. The number of hydrogen-bond donors (Lipinski definition) is 1. The number of benzene rings is 2. The zero-order valence-corrected chi connectivity index (χ0v) is 9.67. The second-order valence-electron chi connectivity index (χ2n) is 4.72. The van der Waals surface area contributed by atoms with E-state index in [9.17, 15) is 5.11 Å². The Kier molecular flexibility index (Phi) is 1.76. The fourth-order valence-electron chi connectivity index (χ4n) is 2.72. The zero-order chi connectivity index (χ0) is 12.2. The van der Waals surface area contributed by atoms with Gasteiger partial charge in [0.05, 0.1) is 5.56 Å². The highest BCUT2D eigenvalue weighted by molar-refractivity contribution is 5.48. The van der Waals surface area contributed by atoms with Crippen molar-refractivity contribution in [3.8, 4) is 5.75 Å². The van der Waals surface area contributed by atoms with Gasteiger partial charge in [-0.3, -0.25) is 0 Å². The lowest BCUT2D eigenvalue weighted by Crippen LogP contribution is -2.33. The molecule has 2 aliphatic heterocycles. The number of hydrogen-bond acceptors (Lipinski definition) is 3. The summed E-state index contributed by atoms with van der Waals surface area (Å²) in [7, 11) is 0. The summed E-state index contributed by atoms with van der Waals surface area (Å²) in [5, 5.41) is 10.7. The minimum absolute atomic E-state index is 0.338. The molecule has 0 bridgehead atoms. The second-order valence-corrected chi connectivity index (χ2v) is 4.72. The Morgan fingerprint density at radius 3 is 2.50 bits per heavy atom. The van der Waals surface area contributed by atoms with Gasteiger partial charge in [-0.05, 0) is 17.7 Å². The van der Waals surface area contributed by atoms with E-state index in [-0.39, 0.29) is 0 Å². The predicted molar refractivity (Wildman–Crippen MR) is 65.0 cm³/mol. The van der Waals surface area contributed by atoms with Crippen LogP contribution in [0.4, 0.5) is 0 Å². The number of para-hydroxylation sites is 1. The van der Waals surface area contributed by atoms with Crippen LogP contribution in [0.1, 0.15) is 11.1 Å². The molecule has 4 rings (SSSR count). The largest absolute Gasteiger partial charge is 0.489 e. The first-order valence-electron chi connectivity index (χ1n) is 5.97. The molecule has 0 spiro atoms. The summed E-state index contributed by atoms with van der Waals surface area (Å²) in [4.78, 5) is 0. The summed E-state index contributed by atoms with van der Waals surface area (Å²) in [6.45, 7) is 0.338. The first-order chi connectivity index (χ1) is 8.76. The lowest BCUT2D eigenvalue weighted by molar-refractivity contribution is 0.0265. The Bertz CT molecular complexity index is 606. The quantitative estimate of drug-likeness (QED) is 0.776. The minimum atomic E-state index is -1.25. The highest BCUT2D eigenvalue weighted by atomic mass is 16.8. The van der Waals surface area contributed by atoms with Gasteiger partial charge in [0.15, 0.2) is 5.60 Å². The third kappa shape index (κ3) is 1.06. The van der Waals surface area contributed by atoms with Crippen molar-refractivity contribution in [2.24, 2.45) is 0 Å². The molecule has 1 fully saturated rings. The Labute approximate surface area is 105 Å². The molecule has 1 N–H and O–H groups in total. The molecule has 0 radical (unpaired) electrons.